The maximum atomic E-state index is 12.3. The molecule has 1 N–H and O–H groups in total. The van der Waals surface area contributed by atoms with Crippen molar-refractivity contribution in [3.8, 4) is 29.1 Å². The van der Waals surface area contributed by atoms with Gasteiger partial charge in [-0.2, -0.15) is 5.26 Å². The number of esters is 1. The highest BCUT2D eigenvalue weighted by atomic mass is 16.5. The minimum Gasteiger partial charge on any atom is -0.493 e. The molecule has 0 aliphatic heterocycles. The highest BCUT2D eigenvalue weighted by molar-refractivity contribution is 5.98. The molecule has 0 aliphatic rings. The van der Waals surface area contributed by atoms with Gasteiger partial charge in [0.05, 0.1) is 13.7 Å². The van der Waals surface area contributed by atoms with Gasteiger partial charge >= 0.3 is 5.97 Å². The van der Waals surface area contributed by atoms with E-state index in [0.717, 1.165) is 5.75 Å². The zero-order valence-electron chi connectivity index (χ0n) is 19.3. The zero-order chi connectivity index (χ0) is 25.0. The fraction of sp³-hybridized carbons (Fsp3) is 0.148. The summed E-state index contributed by atoms with van der Waals surface area (Å²) in [5, 5.41) is 11.9. The first-order valence-corrected chi connectivity index (χ1v) is 10.7. The van der Waals surface area contributed by atoms with Crippen molar-refractivity contribution in [1.82, 2.24) is 0 Å². The Morgan fingerprint density at radius 1 is 0.971 bits per heavy atom. The lowest BCUT2D eigenvalue weighted by Crippen LogP contribution is -2.20. The maximum Gasteiger partial charge on any atom is 0.348 e. The number of nitrogens with zero attached hydrogens (tertiary/aromatic N) is 1. The average Bonchev–Trinajstić information content (AvgIpc) is 2.88. The summed E-state index contributed by atoms with van der Waals surface area (Å²) in [4.78, 5) is 24.2. The van der Waals surface area contributed by atoms with Crippen LogP contribution in [0.1, 0.15) is 12.5 Å². The Bertz CT molecular complexity index is 1230. The van der Waals surface area contributed by atoms with Crippen LogP contribution in [-0.4, -0.2) is 32.2 Å². The van der Waals surface area contributed by atoms with Gasteiger partial charge in [0.15, 0.2) is 18.1 Å². The van der Waals surface area contributed by atoms with Crippen molar-refractivity contribution in [3.63, 3.8) is 0 Å². The predicted octanol–water partition coefficient (Wildman–Crippen LogP) is 4.98. The molecule has 0 unspecified atom stereocenters. The third-order valence-corrected chi connectivity index (χ3v) is 4.59. The lowest BCUT2D eigenvalue weighted by molar-refractivity contribution is -0.137. The largest absolute Gasteiger partial charge is 0.493 e. The molecule has 8 heteroatoms. The van der Waals surface area contributed by atoms with Crippen molar-refractivity contribution in [2.45, 2.75) is 6.92 Å². The number of anilines is 1. The summed E-state index contributed by atoms with van der Waals surface area (Å²) in [7, 11) is 1.45. The number of hydrogen-bond donors (Lipinski definition) is 1. The lowest BCUT2D eigenvalue weighted by Gasteiger charge is -2.12. The molecule has 0 aliphatic carbocycles. The molecule has 0 aromatic heterocycles. The SMILES string of the molecule is CCOC(=O)/C(C#N)=C/c1ccc(OCC(=O)Nc2ccc(Oc3ccccc3)cc2)c(OC)c1. The van der Waals surface area contributed by atoms with Crippen molar-refractivity contribution in [2.75, 3.05) is 25.6 Å². The molecule has 8 nitrogen and oxygen atoms in total. The second-order valence-corrected chi connectivity index (χ2v) is 7.08. The molecule has 0 saturated carbocycles. The first-order chi connectivity index (χ1) is 17.0. The maximum absolute atomic E-state index is 12.3. The number of amides is 1. The number of para-hydroxylation sites is 1. The number of carbonyl (C=O) groups is 2. The first-order valence-electron chi connectivity index (χ1n) is 10.7. The highest BCUT2D eigenvalue weighted by Gasteiger charge is 2.12. The molecule has 178 valence electrons. The molecule has 0 radical (unpaired) electrons. The molecule has 0 heterocycles. The van der Waals surface area contributed by atoms with Crippen LogP contribution in [0.25, 0.3) is 6.08 Å². The Morgan fingerprint density at radius 2 is 1.69 bits per heavy atom. The number of hydrogen-bond acceptors (Lipinski definition) is 7. The van der Waals surface area contributed by atoms with Gasteiger partial charge in [0, 0.05) is 5.69 Å². The van der Waals surface area contributed by atoms with E-state index in [0.29, 0.717) is 28.5 Å². The number of benzene rings is 3. The van der Waals surface area contributed by atoms with E-state index in [9.17, 15) is 14.9 Å². The van der Waals surface area contributed by atoms with Crippen molar-refractivity contribution in [2.24, 2.45) is 0 Å². The molecule has 0 fully saturated rings. The number of methoxy groups -OCH3 is 1. The topological polar surface area (TPSA) is 107 Å². The zero-order valence-corrected chi connectivity index (χ0v) is 19.3. The van der Waals surface area contributed by atoms with Crippen LogP contribution in [0.5, 0.6) is 23.0 Å². The highest BCUT2D eigenvalue weighted by Crippen LogP contribution is 2.29. The normalized spacial score (nSPS) is 10.6. The second-order valence-electron chi connectivity index (χ2n) is 7.08. The Labute approximate surface area is 203 Å². The van der Waals surface area contributed by atoms with Crippen molar-refractivity contribution in [1.29, 1.82) is 5.26 Å². The van der Waals surface area contributed by atoms with Gasteiger partial charge in [-0.25, -0.2) is 4.79 Å². The van der Waals surface area contributed by atoms with E-state index in [1.54, 1.807) is 49.4 Å². The monoisotopic (exact) mass is 472 g/mol. The first kappa shape index (κ1) is 24.9. The molecule has 3 aromatic rings. The summed E-state index contributed by atoms with van der Waals surface area (Å²) in [6.07, 6.45) is 1.39. The molecule has 3 aromatic carbocycles. The van der Waals surface area contributed by atoms with E-state index in [2.05, 4.69) is 5.32 Å². The molecule has 35 heavy (non-hydrogen) atoms. The lowest BCUT2D eigenvalue weighted by atomic mass is 10.1. The Hall–Kier alpha value is -4.77. The van der Waals surface area contributed by atoms with Crippen LogP contribution in [0.3, 0.4) is 0 Å². The van der Waals surface area contributed by atoms with Gasteiger partial charge in [-0.1, -0.05) is 24.3 Å². The van der Waals surface area contributed by atoms with Crippen LogP contribution in [0.4, 0.5) is 5.69 Å². The fourth-order valence-corrected chi connectivity index (χ4v) is 2.98. The minimum atomic E-state index is -0.703. The van der Waals surface area contributed by atoms with E-state index in [1.165, 1.54) is 13.2 Å². The molecule has 0 saturated heterocycles. The number of rotatable bonds is 10. The van der Waals surface area contributed by atoms with Gasteiger partial charge in [0.1, 0.15) is 23.1 Å². The van der Waals surface area contributed by atoms with Crippen LogP contribution in [0.15, 0.2) is 78.4 Å². The van der Waals surface area contributed by atoms with Gasteiger partial charge in [-0.3, -0.25) is 4.79 Å². The minimum absolute atomic E-state index is 0.137. The summed E-state index contributed by atoms with van der Waals surface area (Å²) >= 11 is 0. The van der Waals surface area contributed by atoms with Gasteiger partial charge in [-0.05, 0) is 67.1 Å². The van der Waals surface area contributed by atoms with Gasteiger partial charge < -0.3 is 24.3 Å². The van der Waals surface area contributed by atoms with Crippen molar-refractivity contribution < 1.29 is 28.5 Å². The summed E-state index contributed by atoms with van der Waals surface area (Å²) in [6, 6.07) is 23.0. The Balaban J connectivity index is 1.58. The number of ether oxygens (including phenoxy) is 4. The number of nitrogens with one attached hydrogen (secondary N) is 1. The quantitative estimate of drug-likeness (QED) is 0.252. The Kier molecular flexibility index (Phi) is 8.85. The van der Waals surface area contributed by atoms with Gasteiger partial charge in [0.2, 0.25) is 0 Å². The standard InChI is InChI=1S/C27H24N2O6/c1-3-33-27(31)20(17-28)15-19-9-14-24(25(16-19)32-2)34-18-26(30)29-21-10-12-23(13-11-21)35-22-7-5-4-6-8-22/h4-16H,3,18H2,1-2H3,(H,29,30)/b20-15+. The summed E-state index contributed by atoms with van der Waals surface area (Å²) < 4.78 is 21.5. The Morgan fingerprint density at radius 3 is 2.34 bits per heavy atom. The molecular formula is C27H24N2O6. The predicted molar refractivity (Wildman–Crippen MR) is 130 cm³/mol. The smallest absolute Gasteiger partial charge is 0.348 e. The van der Waals surface area contributed by atoms with E-state index >= 15 is 0 Å². The van der Waals surface area contributed by atoms with Crippen LogP contribution in [0.2, 0.25) is 0 Å². The number of nitriles is 1. The third-order valence-electron chi connectivity index (χ3n) is 4.59. The molecule has 0 atom stereocenters. The molecular weight excluding hydrogens is 448 g/mol. The van der Waals surface area contributed by atoms with Crippen LogP contribution >= 0.6 is 0 Å². The van der Waals surface area contributed by atoms with Crippen molar-refractivity contribution in [3.05, 3.63) is 83.9 Å². The van der Waals surface area contributed by atoms with E-state index in [-0.39, 0.29) is 24.7 Å². The molecule has 0 bridgehead atoms. The van der Waals surface area contributed by atoms with Gasteiger partial charge in [-0.15, -0.1) is 0 Å². The fourth-order valence-electron chi connectivity index (χ4n) is 2.98. The van der Waals surface area contributed by atoms with Crippen LogP contribution in [-0.2, 0) is 14.3 Å². The van der Waals surface area contributed by atoms with E-state index < -0.39 is 5.97 Å². The van der Waals surface area contributed by atoms with Gasteiger partial charge in [0.25, 0.3) is 5.91 Å². The molecule has 1 amide bonds. The van der Waals surface area contributed by atoms with Crippen LogP contribution < -0.4 is 19.5 Å². The van der Waals surface area contributed by atoms with Crippen LogP contribution in [0, 0.1) is 11.3 Å². The average molecular weight is 472 g/mol. The number of carbonyl (C=O) groups excluding carboxylic acids is 2. The van der Waals surface area contributed by atoms with Crippen molar-refractivity contribution >= 4 is 23.6 Å². The molecule has 0 spiro atoms. The summed E-state index contributed by atoms with van der Waals surface area (Å²) in [6.45, 7) is 1.58. The molecule has 3 rings (SSSR count). The van der Waals surface area contributed by atoms with E-state index in [1.807, 2.05) is 36.4 Å². The summed E-state index contributed by atoms with van der Waals surface area (Å²) in [5.41, 5.74) is 0.998. The second kappa shape index (κ2) is 12.5. The summed E-state index contributed by atoms with van der Waals surface area (Å²) in [5.74, 6) is 0.980. The van der Waals surface area contributed by atoms with E-state index in [4.69, 9.17) is 18.9 Å². The third kappa shape index (κ3) is 7.37.